The maximum absolute atomic E-state index is 6.37. The second-order valence-electron chi connectivity index (χ2n) is 7.29. The van der Waals surface area contributed by atoms with Gasteiger partial charge in [0.15, 0.2) is 0 Å². The SMILES string of the molecule is CC1CCC(CN)(N2CCSC(C)(C)C2)c2ccccc21. The molecule has 0 radical (unpaired) electrons. The maximum Gasteiger partial charge on any atom is 0.0587 e. The third kappa shape index (κ3) is 2.64. The Bertz CT molecular complexity index is 514. The zero-order valence-corrected chi connectivity index (χ0v) is 14.4. The molecule has 2 nitrogen and oxygen atoms in total. The molecule has 0 aromatic heterocycles. The van der Waals surface area contributed by atoms with Crippen LogP contribution in [-0.4, -0.2) is 35.0 Å². The zero-order chi connectivity index (χ0) is 15.1. The maximum atomic E-state index is 6.37. The fraction of sp³-hybridized carbons (Fsp3) is 0.667. The molecule has 1 heterocycles. The van der Waals surface area contributed by atoms with E-state index in [1.54, 1.807) is 0 Å². The number of thioether (sulfide) groups is 1. The number of nitrogens with two attached hydrogens (primary N) is 1. The van der Waals surface area contributed by atoms with Crippen molar-refractivity contribution in [2.45, 2.75) is 49.8 Å². The monoisotopic (exact) mass is 304 g/mol. The summed E-state index contributed by atoms with van der Waals surface area (Å²) in [5.41, 5.74) is 9.44. The lowest BCUT2D eigenvalue weighted by Gasteiger charge is -2.52. The summed E-state index contributed by atoms with van der Waals surface area (Å²) in [7, 11) is 0. The Morgan fingerprint density at radius 3 is 2.81 bits per heavy atom. The van der Waals surface area contributed by atoms with Crippen LogP contribution < -0.4 is 5.73 Å². The summed E-state index contributed by atoms with van der Waals surface area (Å²) in [6.45, 7) is 10.1. The minimum absolute atomic E-state index is 0.0569. The van der Waals surface area contributed by atoms with E-state index in [0.29, 0.717) is 10.7 Å². The van der Waals surface area contributed by atoms with E-state index in [4.69, 9.17) is 5.73 Å². The molecule has 21 heavy (non-hydrogen) atoms. The van der Waals surface area contributed by atoms with Crippen LogP contribution in [-0.2, 0) is 5.54 Å². The molecule has 1 aliphatic heterocycles. The second-order valence-corrected chi connectivity index (χ2v) is 9.09. The molecule has 2 aliphatic rings. The van der Waals surface area contributed by atoms with Crippen molar-refractivity contribution in [3.63, 3.8) is 0 Å². The van der Waals surface area contributed by atoms with Gasteiger partial charge in [0.2, 0.25) is 0 Å². The molecule has 1 aromatic rings. The Morgan fingerprint density at radius 2 is 2.10 bits per heavy atom. The third-order valence-corrected chi connectivity index (χ3v) is 6.65. The topological polar surface area (TPSA) is 29.3 Å². The molecule has 3 rings (SSSR count). The molecule has 0 bridgehead atoms. The molecular weight excluding hydrogens is 276 g/mol. The minimum Gasteiger partial charge on any atom is -0.328 e. The van der Waals surface area contributed by atoms with E-state index in [1.807, 2.05) is 0 Å². The van der Waals surface area contributed by atoms with E-state index in [1.165, 1.54) is 29.7 Å². The Labute approximate surface area is 133 Å². The lowest BCUT2D eigenvalue weighted by Crippen LogP contribution is -2.58. The van der Waals surface area contributed by atoms with Crippen LogP contribution in [0.5, 0.6) is 0 Å². The number of benzene rings is 1. The summed E-state index contributed by atoms with van der Waals surface area (Å²) >= 11 is 2.10. The average Bonchev–Trinajstić information content (AvgIpc) is 2.47. The number of hydrogen-bond donors (Lipinski definition) is 1. The second kappa shape index (κ2) is 5.60. The number of nitrogens with zero attached hydrogens (tertiary/aromatic N) is 1. The van der Waals surface area contributed by atoms with Gasteiger partial charge in [-0.3, -0.25) is 4.90 Å². The highest BCUT2D eigenvalue weighted by atomic mass is 32.2. The van der Waals surface area contributed by atoms with Gasteiger partial charge in [-0.1, -0.05) is 31.2 Å². The molecule has 116 valence electrons. The first kappa shape index (κ1) is 15.4. The smallest absolute Gasteiger partial charge is 0.0587 e. The molecule has 2 N–H and O–H groups in total. The molecule has 0 saturated carbocycles. The van der Waals surface area contributed by atoms with Crippen molar-refractivity contribution in [1.29, 1.82) is 0 Å². The molecule has 1 aromatic carbocycles. The lowest BCUT2D eigenvalue weighted by molar-refractivity contribution is 0.0658. The van der Waals surface area contributed by atoms with Crippen LogP contribution in [0.4, 0.5) is 0 Å². The van der Waals surface area contributed by atoms with E-state index >= 15 is 0 Å². The average molecular weight is 305 g/mol. The van der Waals surface area contributed by atoms with Gasteiger partial charge in [-0.25, -0.2) is 0 Å². The summed E-state index contributed by atoms with van der Waals surface area (Å²) in [5, 5.41) is 0. The van der Waals surface area contributed by atoms with E-state index in [-0.39, 0.29) is 5.54 Å². The molecule has 1 aliphatic carbocycles. The Balaban J connectivity index is 2.03. The highest BCUT2D eigenvalue weighted by Crippen LogP contribution is 2.46. The number of hydrogen-bond acceptors (Lipinski definition) is 3. The quantitative estimate of drug-likeness (QED) is 0.906. The standard InChI is InChI=1S/C18H28N2S/c1-14-8-9-18(12-19,16-7-5-4-6-15(14)16)20-10-11-21-17(2,3)13-20/h4-7,14H,8-13,19H2,1-3H3. The van der Waals surface area contributed by atoms with Gasteiger partial charge in [-0.2, -0.15) is 11.8 Å². The first-order chi connectivity index (χ1) is 9.98. The first-order valence-corrected chi connectivity index (χ1v) is 9.15. The van der Waals surface area contributed by atoms with Gasteiger partial charge >= 0.3 is 0 Å². The van der Waals surface area contributed by atoms with Gasteiger partial charge < -0.3 is 5.73 Å². The van der Waals surface area contributed by atoms with Gasteiger partial charge in [-0.05, 0) is 43.7 Å². The highest BCUT2D eigenvalue weighted by molar-refractivity contribution is 8.00. The van der Waals surface area contributed by atoms with Crippen LogP contribution in [0.1, 0.15) is 50.7 Å². The molecule has 0 amide bonds. The molecule has 1 saturated heterocycles. The molecule has 1 fully saturated rings. The van der Waals surface area contributed by atoms with Crippen molar-refractivity contribution < 1.29 is 0 Å². The fourth-order valence-corrected chi connectivity index (χ4v) is 5.26. The van der Waals surface area contributed by atoms with Crippen molar-refractivity contribution in [1.82, 2.24) is 4.90 Å². The van der Waals surface area contributed by atoms with Crippen molar-refractivity contribution in [2.24, 2.45) is 5.73 Å². The van der Waals surface area contributed by atoms with Crippen LogP contribution in [0.3, 0.4) is 0 Å². The van der Waals surface area contributed by atoms with E-state index in [9.17, 15) is 0 Å². The van der Waals surface area contributed by atoms with Crippen molar-refractivity contribution in [3.05, 3.63) is 35.4 Å². The van der Waals surface area contributed by atoms with Gasteiger partial charge in [0, 0.05) is 30.1 Å². The van der Waals surface area contributed by atoms with Crippen LogP contribution >= 0.6 is 11.8 Å². The Kier molecular flexibility index (Phi) is 4.10. The molecule has 2 unspecified atom stereocenters. The largest absolute Gasteiger partial charge is 0.328 e. The fourth-order valence-electron chi connectivity index (χ4n) is 4.15. The normalized spacial score (nSPS) is 32.7. The summed E-state index contributed by atoms with van der Waals surface area (Å²) in [6.07, 6.45) is 2.45. The predicted octanol–water partition coefficient (Wildman–Crippen LogP) is 3.57. The van der Waals surface area contributed by atoms with Crippen LogP contribution in [0.2, 0.25) is 0 Å². The zero-order valence-electron chi connectivity index (χ0n) is 13.6. The molecule has 3 heteroatoms. The molecular formula is C18H28N2S. The van der Waals surface area contributed by atoms with Crippen molar-refractivity contribution in [2.75, 3.05) is 25.4 Å². The minimum atomic E-state index is 0.0569. The van der Waals surface area contributed by atoms with Crippen LogP contribution in [0.25, 0.3) is 0 Å². The molecule has 2 atom stereocenters. The summed E-state index contributed by atoms with van der Waals surface area (Å²) < 4.78 is 0.332. The summed E-state index contributed by atoms with van der Waals surface area (Å²) in [6, 6.07) is 9.00. The predicted molar refractivity (Wildman–Crippen MR) is 92.9 cm³/mol. The lowest BCUT2D eigenvalue weighted by atomic mass is 9.71. The van der Waals surface area contributed by atoms with Crippen LogP contribution in [0.15, 0.2) is 24.3 Å². The first-order valence-electron chi connectivity index (χ1n) is 8.17. The number of fused-ring (bicyclic) bond motifs is 1. The van der Waals surface area contributed by atoms with Crippen LogP contribution in [0, 0.1) is 0 Å². The van der Waals surface area contributed by atoms with Gasteiger partial charge in [-0.15, -0.1) is 0 Å². The third-order valence-electron chi connectivity index (χ3n) is 5.35. The van der Waals surface area contributed by atoms with E-state index < -0.39 is 0 Å². The van der Waals surface area contributed by atoms with Crippen molar-refractivity contribution >= 4 is 11.8 Å². The Morgan fingerprint density at radius 1 is 1.33 bits per heavy atom. The van der Waals surface area contributed by atoms with E-state index in [0.717, 1.165) is 19.6 Å². The summed E-state index contributed by atoms with van der Waals surface area (Å²) in [4.78, 5) is 2.69. The summed E-state index contributed by atoms with van der Waals surface area (Å²) in [5.74, 6) is 1.87. The van der Waals surface area contributed by atoms with Gasteiger partial charge in [0.1, 0.15) is 0 Å². The number of rotatable bonds is 2. The van der Waals surface area contributed by atoms with Crippen molar-refractivity contribution in [3.8, 4) is 0 Å². The van der Waals surface area contributed by atoms with Gasteiger partial charge in [0.25, 0.3) is 0 Å². The molecule has 0 spiro atoms. The highest BCUT2D eigenvalue weighted by Gasteiger charge is 2.45. The van der Waals surface area contributed by atoms with Gasteiger partial charge in [0.05, 0.1) is 5.54 Å². The Hall–Kier alpha value is -0.510. The van der Waals surface area contributed by atoms with E-state index in [2.05, 4.69) is 61.7 Å².